The molecule has 2 saturated heterocycles. The molecule has 0 saturated carbocycles. The second-order valence-corrected chi connectivity index (χ2v) is 4.41. The zero-order valence-corrected chi connectivity index (χ0v) is 9.59. The van der Waals surface area contributed by atoms with Crippen molar-refractivity contribution in [2.75, 3.05) is 13.2 Å². The number of aliphatic hydroxyl groups is 1. The molecule has 2 fully saturated rings. The van der Waals surface area contributed by atoms with Gasteiger partial charge in [-0.25, -0.2) is 0 Å². The summed E-state index contributed by atoms with van der Waals surface area (Å²) >= 11 is 0. The highest BCUT2D eigenvalue weighted by molar-refractivity contribution is 4.94. The Morgan fingerprint density at radius 1 is 1.44 bits per heavy atom. The van der Waals surface area contributed by atoms with Gasteiger partial charge in [0.2, 0.25) is 0 Å². The van der Waals surface area contributed by atoms with E-state index in [2.05, 4.69) is 6.58 Å². The van der Waals surface area contributed by atoms with Gasteiger partial charge in [-0.1, -0.05) is 6.08 Å². The molecule has 0 aromatic rings. The third-order valence-corrected chi connectivity index (χ3v) is 2.67. The second-order valence-electron chi connectivity index (χ2n) is 4.41. The van der Waals surface area contributed by atoms with Gasteiger partial charge in [0, 0.05) is 0 Å². The molecule has 2 aliphatic heterocycles. The molecule has 0 bridgehead atoms. The van der Waals surface area contributed by atoms with Crippen LogP contribution in [0.25, 0.3) is 0 Å². The summed E-state index contributed by atoms with van der Waals surface area (Å²) in [5, 5.41) is 9.18. The van der Waals surface area contributed by atoms with Crippen molar-refractivity contribution in [3.8, 4) is 0 Å². The van der Waals surface area contributed by atoms with E-state index in [9.17, 15) is 5.11 Å². The fourth-order valence-electron chi connectivity index (χ4n) is 2.07. The molecule has 0 spiro atoms. The molecule has 0 aromatic carbocycles. The minimum atomic E-state index is -0.661. The van der Waals surface area contributed by atoms with Crippen molar-refractivity contribution in [2.45, 2.75) is 44.2 Å². The zero-order chi connectivity index (χ0) is 11.8. The topological polar surface area (TPSA) is 57.2 Å². The minimum Gasteiger partial charge on any atom is -0.394 e. The summed E-state index contributed by atoms with van der Waals surface area (Å²) in [7, 11) is 0. The maximum atomic E-state index is 9.18. The molecule has 0 unspecified atom stereocenters. The maximum absolute atomic E-state index is 9.18. The van der Waals surface area contributed by atoms with Crippen LogP contribution < -0.4 is 0 Å². The molecule has 92 valence electrons. The fraction of sp³-hybridized carbons (Fsp3) is 0.818. The second kappa shape index (κ2) is 4.43. The number of hydrogen-bond donors (Lipinski definition) is 1. The van der Waals surface area contributed by atoms with E-state index in [0.29, 0.717) is 6.61 Å². The van der Waals surface area contributed by atoms with Crippen LogP contribution in [0.4, 0.5) is 0 Å². The Kier molecular flexibility index (Phi) is 3.32. The monoisotopic (exact) mass is 230 g/mol. The molecule has 0 aromatic heterocycles. The molecule has 0 aliphatic carbocycles. The predicted molar refractivity (Wildman–Crippen MR) is 55.7 cm³/mol. The van der Waals surface area contributed by atoms with Crippen LogP contribution in [0.15, 0.2) is 12.7 Å². The van der Waals surface area contributed by atoms with Crippen LogP contribution >= 0.6 is 0 Å². The first kappa shape index (κ1) is 12.0. The standard InChI is InChI=1S/C11H18O5/c1-4-5-13-8-7(6-12)14-10-9(8)15-11(2,3)16-10/h4,7-10,12H,1,5-6H2,2-3H3/t7-,8-,9-,10-/m1/s1. The van der Waals surface area contributed by atoms with Crippen LogP contribution in [0.2, 0.25) is 0 Å². The Balaban J connectivity index is 2.04. The van der Waals surface area contributed by atoms with E-state index < -0.39 is 18.2 Å². The Morgan fingerprint density at radius 3 is 2.81 bits per heavy atom. The molecule has 5 heteroatoms. The quantitative estimate of drug-likeness (QED) is 0.710. The predicted octanol–water partition coefficient (Wildman–Crippen LogP) is 0.426. The van der Waals surface area contributed by atoms with E-state index in [1.165, 1.54) is 0 Å². The van der Waals surface area contributed by atoms with E-state index in [4.69, 9.17) is 18.9 Å². The Labute approximate surface area is 94.9 Å². The number of aliphatic hydroxyl groups excluding tert-OH is 1. The van der Waals surface area contributed by atoms with Gasteiger partial charge in [0.25, 0.3) is 0 Å². The van der Waals surface area contributed by atoms with Gasteiger partial charge in [-0.05, 0) is 13.8 Å². The third-order valence-electron chi connectivity index (χ3n) is 2.67. The number of fused-ring (bicyclic) bond motifs is 1. The van der Waals surface area contributed by atoms with E-state index in [-0.39, 0.29) is 18.8 Å². The summed E-state index contributed by atoms with van der Waals surface area (Å²) in [5.74, 6) is -0.661. The summed E-state index contributed by atoms with van der Waals surface area (Å²) in [6, 6.07) is 0. The van der Waals surface area contributed by atoms with Crippen molar-refractivity contribution in [1.82, 2.24) is 0 Å². The van der Waals surface area contributed by atoms with Crippen molar-refractivity contribution in [3.05, 3.63) is 12.7 Å². The van der Waals surface area contributed by atoms with Crippen LogP contribution in [0.3, 0.4) is 0 Å². The SMILES string of the molecule is C=CCO[C@H]1[C@H]2OC(C)(C)O[C@H]2O[C@@H]1CO. The maximum Gasteiger partial charge on any atom is 0.190 e. The number of hydrogen-bond acceptors (Lipinski definition) is 5. The Bertz CT molecular complexity index is 265. The van der Waals surface area contributed by atoms with Crippen LogP contribution in [0.1, 0.15) is 13.8 Å². The van der Waals surface area contributed by atoms with Gasteiger partial charge in [-0.3, -0.25) is 0 Å². The van der Waals surface area contributed by atoms with Crippen molar-refractivity contribution in [1.29, 1.82) is 0 Å². The first-order valence-electron chi connectivity index (χ1n) is 5.42. The van der Waals surface area contributed by atoms with Crippen molar-refractivity contribution < 1.29 is 24.1 Å². The summed E-state index contributed by atoms with van der Waals surface area (Å²) in [5.41, 5.74) is 0. The van der Waals surface area contributed by atoms with Crippen LogP contribution in [-0.2, 0) is 18.9 Å². The lowest BCUT2D eigenvalue weighted by molar-refractivity contribution is -0.221. The lowest BCUT2D eigenvalue weighted by Gasteiger charge is -2.24. The van der Waals surface area contributed by atoms with Crippen LogP contribution in [0, 0.1) is 0 Å². The van der Waals surface area contributed by atoms with Crippen molar-refractivity contribution in [2.24, 2.45) is 0 Å². The molecule has 2 aliphatic rings. The third kappa shape index (κ3) is 2.14. The largest absolute Gasteiger partial charge is 0.394 e. The zero-order valence-electron chi connectivity index (χ0n) is 9.59. The number of rotatable bonds is 4. The van der Waals surface area contributed by atoms with E-state index in [1.54, 1.807) is 6.08 Å². The van der Waals surface area contributed by atoms with Crippen LogP contribution in [0.5, 0.6) is 0 Å². The molecule has 4 atom stereocenters. The van der Waals surface area contributed by atoms with Gasteiger partial charge in [-0.2, -0.15) is 0 Å². The van der Waals surface area contributed by atoms with Gasteiger partial charge in [0.05, 0.1) is 13.2 Å². The normalized spacial score (nSPS) is 40.9. The van der Waals surface area contributed by atoms with Crippen molar-refractivity contribution in [3.63, 3.8) is 0 Å². The highest BCUT2D eigenvalue weighted by Crippen LogP contribution is 2.38. The molecule has 0 amide bonds. The molecule has 5 nitrogen and oxygen atoms in total. The molecule has 0 radical (unpaired) electrons. The molecule has 16 heavy (non-hydrogen) atoms. The summed E-state index contributed by atoms with van der Waals surface area (Å²) in [6.45, 7) is 7.53. The average Bonchev–Trinajstić information content (AvgIpc) is 2.67. The summed E-state index contributed by atoms with van der Waals surface area (Å²) < 4.78 is 22.3. The molecular formula is C11H18O5. The molecular weight excluding hydrogens is 212 g/mol. The average molecular weight is 230 g/mol. The molecule has 2 rings (SSSR count). The lowest BCUT2D eigenvalue weighted by atomic mass is 10.1. The van der Waals surface area contributed by atoms with Gasteiger partial charge in [0.1, 0.15) is 18.3 Å². The fourth-order valence-corrected chi connectivity index (χ4v) is 2.07. The van der Waals surface area contributed by atoms with Gasteiger partial charge >= 0.3 is 0 Å². The van der Waals surface area contributed by atoms with Crippen LogP contribution in [-0.4, -0.2) is 48.7 Å². The van der Waals surface area contributed by atoms with Gasteiger partial charge in [0.15, 0.2) is 12.1 Å². The van der Waals surface area contributed by atoms with Crippen molar-refractivity contribution >= 4 is 0 Å². The van der Waals surface area contributed by atoms with E-state index in [1.807, 2.05) is 13.8 Å². The Morgan fingerprint density at radius 2 is 2.19 bits per heavy atom. The van der Waals surface area contributed by atoms with E-state index >= 15 is 0 Å². The molecule has 1 N–H and O–H groups in total. The highest BCUT2D eigenvalue weighted by atomic mass is 16.8. The smallest absolute Gasteiger partial charge is 0.190 e. The van der Waals surface area contributed by atoms with E-state index in [0.717, 1.165) is 0 Å². The highest BCUT2D eigenvalue weighted by Gasteiger charge is 2.55. The molecule has 2 heterocycles. The first-order chi connectivity index (χ1) is 7.57. The summed E-state index contributed by atoms with van der Waals surface area (Å²) in [4.78, 5) is 0. The van der Waals surface area contributed by atoms with Gasteiger partial charge in [-0.15, -0.1) is 6.58 Å². The van der Waals surface area contributed by atoms with Gasteiger partial charge < -0.3 is 24.1 Å². The summed E-state index contributed by atoms with van der Waals surface area (Å²) in [6.07, 6.45) is 0.206. The first-order valence-corrected chi connectivity index (χ1v) is 5.42. The minimum absolute atomic E-state index is 0.109. The lowest BCUT2D eigenvalue weighted by Crippen LogP contribution is -2.38. The number of ether oxygens (including phenoxy) is 4. The Hall–Kier alpha value is -0.460.